The minimum absolute atomic E-state index is 0.236. The molecule has 168 valence electrons. The van der Waals surface area contributed by atoms with Crippen molar-refractivity contribution >= 4 is 11.9 Å². The van der Waals surface area contributed by atoms with Crippen LogP contribution in [0.3, 0.4) is 0 Å². The topological polar surface area (TPSA) is 88.8 Å². The van der Waals surface area contributed by atoms with Crippen LogP contribution < -0.4 is 15.0 Å². The molecule has 2 aromatic carbocycles. The summed E-state index contributed by atoms with van der Waals surface area (Å²) < 4.78 is 19.1. The van der Waals surface area contributed by atoms with Gasteiger partial charge in [-0.15, -0.1) is 0 Å². The number of aromatic nitrogens is 2. The van der Waals surface area contributed by atoms with E-state index in [1.165, 1.54) is 18.5 Å². The molecule has 1 heterocycles. The number of hydrogen-bond acceptors (Lipinski definition) is 6. The normalized spacial score (nSPS) is 10.6. The fraction of sp³-hybridized carbons (Fsp3) is 0.292. The zero-order chi connectivity index (χ0) is 23.1. The molecule has 0 saturated carbocycles. The molecular formula is C24H26N2O6. The van der Waals surface area contributed by atoms with Crippen LogP contribution in [0, 0.1) is 0 Å². The second-order valence-corrected chi connectivity index (χ2v) is 7.14. The molecule has 32 heavy (non-hydrogen) atoms. The third-order valence-corrected chi connectivity index (χ3v) is 4.68. The summed E-state index contributed by atoms with van der Waals surface area (Å²) in [7, 11) is 0. The zero-order valence-electron chi connectivity index (χ0n) is 18.4. The number of ether oxygens (including phenoxy) is 3. The van der Waals surface area contributed by atoms with Gasteiger partial charge in [-0.1, -0.05) is 31.5 Å². The van der Waals surface area contributed by atoms with Crippen molar-refractivity contribution in [1.29, 1.82) is 0 Å². The Balaban J connectivity index is 2.18. The lowest BCUT2D eigenvalue weighted by Gasteiger charge is -2.16. The van der Waals surface area contributed by atoms with Gasteiger partial charge < -0.3 is 14.2 Å². The number of carbonyl (C=O) groups excluding carboxylic acids is 2. The van der Waals surface area contributed by atoms with Crippen molar-refractivity contribution in [2.45, 2.75) is 40.0 Å². The first kappa shape index (κ1) is 22.9. The fourth-order valence-corrected chi connectivity index (χ4v) is 3.27. The Labute approximate surface area is 185 Å². The van der Waals surface area contributed by atoms with Crippen LogP contribution in [-0.2, 0) is 20.7 Å². The molecule has 0 aliphatic heterocycles. The lowest BCUT2D eigenvalue weighted by molar-refractivity contribution is -0.147. The number of rotatable bonds is 9. The molecule has 8 nitrogen and oxygen atoms in total. The van der Waals surface area contributed by atoms with Gasteiger partial charge >= 0.3 is 11.9 Å². The Morgan fingerprint density at radius 3 is 2.12 bits per heavy atom. The van der Waals surface area contributed by atoms with Gasteiger partial charge in [-0.2, -0.15) is 0 Å². The van der Waals surface area contributed by atoms with Gasteiger partial charge in [-0.05, 0) is 49.2 Å². The van der Waals surface area contributed by atoms with Crippen molar-refractivity contribution in [3.8, 4) is 23.0 Å². The molecule has 0 spiro atoms. The minimum atomic E-state index is -0.478. The van der Waals surface area contributed by atoms with E-state index >= 15 is 0 Å². The molecule has 3 rings (SSSR count). The van der Waals surface area contributed by atoms with Crippen LogP contribution >= 0.6 is 0 Å². The highest BCUT2D eigenvalue weighted by Crippen LogP contribution is 2.26. The third kappa shape index (κ3) is 5.26. The van der Waals surface area contributed by atoms with E-state index in [9.17, 15) is 14.4 Å². The number of hydrogen-bond donors (Lipinski definition) is 0. The SMILES string of the molecule is CCCCc1c(OCOC(C)=O)n(-c2ccccc2)n(-c2ccc(OC(C)=O)cc2)c1=O. The van der Waals surface area contributed by atoms with Crippen LogP contribution in [0.1, 0.15) is 39.2 Å². The van der Waals surface area contributed by atoms with Gasteiger partial charge in [0.05, 0.1) is 16.9 Å². The average Bonchev–Trinajstić information content (AvgIpc) is 3.04. The summed E-state index contributed by atoms with van der Waals surface area (Å²) in [6.07, 6.45) is 2.20. The summed E-state index contributed by atoms with van der Waals surface area (Å²) in [6, 6.07) is 15.9. The standard InChI is InChI=1S/C24H26N2O6/c1-4-5-11-22-23(29)25(20-12-14-21(15-13-20)32-18(3)28)26(19-9-7-6-8-10-19)24(22)31-16-30-17(2)27/h6-10,12-15H,4-5,11,16H2,1-3H3. The Morgan fingerprint density at radius 1 is 0.875 bits per heavy atom. The lowest BCUT2D eigenvalue weighted by atomic mass is 10.1. The van der Waals surface area contributed by atoms with Crippen LogP contribution in [-0.4, -0.2) is 28.1 Å². The highest BCUT2D eigenvalue weighted by atomic mass is 16.7. The van der Waals surface area contributed by atoms with Crippen molar-refractivity contribution in [1.82, 2.24) is 9.36 Å². The van der Waals surface area contributed by atoms with Crippen LogP contribution in [0.4, 0.5) is 0 Å². The molecule has 0 atom stereocenters. The maximum atomic E-state index is 13.5. The van der Waals surface area contributed by atoms with Gasteiger partial charge in [-0.3, -0.25) is 14.4 Å². The smallest absolute Gasteiger partial charge is 0.308 e. The second-order valence-electron chi connectivity index (χ2n) is 7.14. The third-order valence-electron chi connectivity index (χ3n) is 4.68. The molecule has 3 aromatic rings. The molecule has 0 amide bonds. The maximum absolute atomic E-state index is 13.5. The van der Waals surface area contributed by atoms with Gasteiger partial charge in [0, 0.05) is 13.8 Å². The monoisotopic (exact) mass is 438 g/mol. The van der Waals surface area contributed by atoms with Crippen LogP contribution in [0.25, 0.3) is 11.4 Å². The summed E-state index contributed by atoms with van der Waals surface area (Å²) >= 11 is 0. The number of nitrogens with zero attached hydrogens (tertiary/aromatic N) is 2. The Bertz CT molecular complexity index is 1130. The number of esters is 2. The zero-order valence-corrected chi connectivity index (χ0v) is 18.4. The highest BCUT2D eigenvalue weighted by Gasteiger charge is 2.23. The van der Waals surface area contributed by atoms with Gasteiger partial charge in [0.15, 0.2) is 0 Å². The molecular weight excluding hydrogens is 412 g/mol. The summed E-state index contributed by atoms with van der Waals surface area (Å²) in [6.45, 7) is 4.35. The van der Waals surface area contributed by atoms with Crippen LogP contribution in [0.15, 0.2) is 59.4 Å². The van der Waals surface area contributed by atoms with Crippen molar-refractivity contribution in [3.63, 3.8) is 0 Å². The minimum Gasteiger partial charge on any atom is -0.440 e. The molecule has 0 aliphatic rings. The van der Waals surface area contributed by atoms with Crippen LogP contribution in [0.2, 0.25) is 0 Å². The van der Waals surface area contributed by atoms with E-state index in [2.05, 4.69) is 0 Å². The predicted octanol–water partition coefficient (Wildman–Crippen LogP) is 3.80. The summed E-state index contributed by atoms with van der Waals surface area (Å²) in [5.41, 5.74) is 1.52. The molecule has 0 fully saturated rings. The fourth-order valence-electron chi connectivity index (χ4n) is 3.27. The Kier molecular flexibility index (Phi) is 7.49. The summed E-state index contributed by atoms with van der Waals surface area (Å²) in [5.74, 6) is -0.204. The number of benzene rings is 2. The first-order chi connectivity index (χ1) is 15.4. The molecule has 0 aliphatic carbocycles. The molecule has 0 unspecified atom stereocenters. The first-order valence-corrected chi connectivity index (χ1v) is 10.4. The maximum Gasteiger partial charge on any atom is 0.308 e. The predicted molar refractivity (Wildman–Crippen MR) is 119 cm³/mol. The van der Waals surface area contributed by atoms with Gasteiger partial charge in [0.1, 0.15) is 5.75 Å². The Hall–Kier alpha value is -3.81. The van der Waals surface area contributed by atoms with Gasteiger partial charge in [-0.25, -0.2) is 9.36 Å². The van der Waals surface area contributed by atoms with E-state index in [-0.39, 0.29) is 12.4 Å². The lowest BCUT2D eigenvalue weighted by Crippen LogP contribution is -2.22. The number of unbranched alkanes of at least 4 members (excludes halogenated alkanes) is 1. The van der Waals surface area contributed by atoms with Gasteiger partial charge in [0.2, 0.25) is 12.7 Å². The molecule has 0 saturated heterocycles. The van der Waals surface area contributed by atoms with Gasteiger partial charge in [0.25, 0.3) is 5.56 Å². The molecule has 0 radical (unpaired) electrons. The quantitative estimate of drug-likeness (QED) is 0.287. The van der Waals surface area contributed by atoms with E-state index in [0.717, 1.165) is 12.8 Å². The van der Waals surface area contributed by atoms with E-state index in [4.69, 9.17) is 14.2 Å². The average molecular weight is 438 g/mol. The van der Waals surface area contributed by atoms with Crippen molar-refractivity contribution < 1.29 is 23.8 Å². The van der Waals surface area contributed by atoms with Crippen LogP contribution in [0.5, 0.6) is 11.6 Å². The highest BCUT2D eigenvalue weighted by molar-refractivity contribution is 5.69. The van der Waals surface area contributed by atoms with Crippen molar-refractivity contribution in [3.05, 3.63) is 70.5 Å². The first-order valence-electron chi connectivity index (χ1n) is 10.4. The largest absolute Gasteiger partial charge is 0.440 e. The molecule has 0 bridgehead atoms. The summed E-state index contributed by atoms with van der Waals surface area (Å²) in [5, 5.41) is 0. The number of para-hydroxylation sites is 1. The van der Waals surface area contributed by atoms with E-state index in [1.54, 1.807) is 28.9 Å². The molecule has 8 heteroatoms. The van der Waals surface area contributed by atoms with E-state index < -0.39 is 11.9 Å². The van der Waals surface area contributed by atoms with E-state index in [1.807, 2.05) is 37.3 Å². The van der Waals surface area contributed by atoms with E-state index in [0.29, 0.717) is 35.0 Å². The van der Waals surface area contributed by atoms with Crippen molar-refractivity contribution in [2.75, 3.05) is 6.79 Å². The Morgan fingerprint density at radius 2 is 1.53 bits per heavy atom. The second kappa shape index (κ2) is 10.5. The number of carbonyl (C=O) groups is 2. The summed E-state index contributed by atoms with van der Waals surface area (Å²) in [4.78, 5) is 36.0. The molecule has 0 N–H and O–H groups in total. The molecule has 1 aromatic heterocycles. The van der Waals surface area contributed by atoms with Crippen molar-refractivity contribution in [2.24, 2.45) is 0 Å².